The quantitative estimate of drug-likeness (QED) is 0.224. The normalized spacial score (nSPS) is 10.6. The fraction of sp³-hybridized carbons (Fsp3) is 0.250. The van der Waals surface area contributed by atoms with Gasteiger partial charge in [0.2, 0.25) is 5.91 Å². The minimum absolute atomic E-state index is 0.192. The number of hydrazine groups is 1. The molecule has 2 heterocycles. The fourth-order valence-corrected chi connectivity index (χ4v) is 2.06. The van der Waals surface area contributed by atoms with Crippen molar-refractivity contribution in [1.29, 1.82) is 0 Å². The van der Waals surface area contributed by atoms with Crippen LogP contribution in [0.25, 0.3) is 11.2 Å². The van der Waals surface area contributed by atoms with Crippen LogP contribution in [0.3, 0.4) is 0 Å². The molecule has 0 radical (unpaired) electrons. The number of hydrogen-bond acceptors (Lipinski definition) is 6. The Balaban J connectivity index is 2.04. The third kappa shape index (κ3) is 2.28. The van der Waals surface area contributed by atoms with Gasteiger partial charge in [0, 0.05) is 12.2 Å². The Morgan fingerprint density at radius 2 is 2.38 bits per heavy atom. The highest BCUT2D eigenvalue weighted by Gasteiger charge is 2.07. The average Bonchev–Trinajstić information content (AvgIpc) is 2.77. The number of rotatable bonds is 4. The predicted octanol–water partition coefficient (Wildman–Crippen LogP) is -0.175. The topological polar surface area (TPSA) is 110 Å². The summed E-state index contributed by atoms with van der Waals surface area (Å²) in [5, 5.41) is 0.785. The Morgan fingerprint density at radius 3 is 3.19 bits per heavy atom. The van der Waals surface area contributed by atoms with Gasteiger partial charge >= 0.3 is 0 Å². The summed E-state index contributed by atoms with van der Waals surface area (Å²) < 4.78 is 0. The number of thioether (sulfide) groups is 1. The molecule has 84 valence electrons. The molecule has 2 rings (SSSR count). The van der Waals surface area contributed by atoms with Crippen molar-refractivity contribution >= 4 is 28.8 Å². The van der Waals surface area contributed by atoms with Crippen molar-refractivity contribution in [2.24, 2.45) is 5.84 Å². The molecule has 0 unspecified atom stereocenters. The molecule has 0 aliphatic carbocycles. The highest BCUT2D eigenvalue weighted by molar-refractivity contribution is 7.99. The van der Waals surface area contributed by atoms with E-state index >= 15 is 0 Å². The molecule has 4 N–H and O–H groups in total. The largest absolute Gasteiger partial charge is 0.341 e. The molecule has 0 saturated heterocycles. The number of hydrogen-bond donors (Lipinski definition) is 3. The summed E-state index contributed by atoms with van der Waals surface area (Å²) >= 11 is 1.46. The molecule has 0 aliphatic heterocycles. The smallest absolute Gasteiger partial charge is 0.234 e. The molecule has 0 aliphatic rings. The molecular formula is C8H10N6OS. The van der Waals surface area contributed by atoms with Gasteiger partial charge in [0.1, 0.15) is 16.9 Å². The van der Waals surface area contributed by atoms with Gasteiger partial charge in [0.15, 0.2) is 5.65 Å². The van der Waals surface area contributed by atoms with E-state index in [0.717, 1.165) is 10.5 Å². The van der Waals surface area contributed by atoms with Crippen LogP contribution in [0.4, 0.5) is 0 Å². The van der Waals surface area contributed by atoms with Crippen molar-refractivity contribution in [2.45, 2.75) is 11.4 Å². The third-order valence-corrected chi connectivity index (χ3v) is 2.91. The number of H-pyrrole nitrogens is 1. The number of carbonyl (C=O) groups is 1. The summed E-state index contributed by atoms with van der Waals surface area (Å²) in [6, 6.07) is 0. The van der Waals surface area contributed by atoms with Crippen LogP contribution in [0.1, 0.15) is 6.42 Å². The molecular weight excluding hydrogens is 228 g/mol. The summed E-state index contributed by atoms with van der Waals surface area (Å²) in [6.45, 7) is 0. The van der Waals surface area contributed by atoms with Crippen molar-refractivity contribution in [1.82, 2.24) is 25.4 Å². The number of nitrogens with zero attached hydrogens (tertiary/aromatic N) is 3. The molecule has 7 nitrogen and oxygen atoms in total. The lowest BCUT2D eigenvalue weighted by atomic mass is 10.5. The Hall–Kier alpha value is -1.67. The minimum atomic E-state index is -0.192. The van der Waals surface area contributed by atoms with Crippen molar-refractivity contribution in [3.8, 4) is 0 Å². The van der Waals surface area contributed by atoms with Gasteiger partial charge in [-0.3, -0.25) is 10.2 Å². The van der Waals surface area contributed by atoms with Gasteiger partial charge in [-0.05, 0) is 0 Å². The van der Waals surface area contributed by atoms with Crippen molar-refractivity contribution in [2.75, 3.05) is 5.75 Å². The van der Waals surface area contributed by atoms with E-state index in [2.05, 4.69) is 25.4 Å². The first-order valence-corrected chi connectivity index (χ1v) is 5.56. The number of amides is 1. The first kappa shape index (κ1) is 10.8. The zero-order valence-corrected chi connectivity index (χ0v) is 9.12. The third-order valence-electron chi connectivity index (χ3n) is 1.92. The molecule has 0 atom stereocenters. The highest BCUT2D eigenvalue weighted by atomic mass is 32.2. The summed E-state index contributed by atoms with van der Waals surface area (Å²) in [6.07, 6.45) is 3.37. The number of fused-ring (bicyclic) bond motifs is 1. The molecule has 0 bridgehead atoms. The summed E-state index contributed by atoms with van der Waals surface area (Å²) in [5.41, 5.74) is 3.50. The summed E-state index contributed by atoms with van der Waals surface area (Å²) in [4.78, 5) is 26.0. The summed E-state index contributed by atoms with van der Waals surface area (Å²) in [7, 11) is 0. The number of nitrogens with one attached hydrogen (secondary N) is 2. The van der Waals surface area contributed by atoms with Crippen molar-refractivity contribution in [3.05, 3.63) is 12.7 Å². The number of nitrogens with two attached hydrogens (primary N) is 1. The fourth-order valence-electron chi connectivity index (χ4n) is 1.16. The second-order valence-corrected chi connectivity index (χ2v) is 4.03. The maximum atomic E-state index is 10.9. The molecule has 8 heteroatoms. The van der Waals surface area contributed by atoms with Crippen LogP contribution in [0.15, 0.2) is 17.7 Å². The molecule has 0 aromatic carbocycles. The predicted molar refractivity (Wildman–Crippen MR) is 59.4 cm³/mol. The highest BCUT2D eigenvalue weighted by Crippen LogP contribution is 2.21. The van der Waals surface area contributed by atoms with E-state index in [4.69, 9.17) is 5.84 Å². The maximum absolute atomic E-state index is 10.9. The SMILES string of the molecule is NNC(=O)CCSc1ncnc2nc[nH]c12. The van der Waals surface area contributed by atoms with E-state index in [1.807, 2.05) is 0 Å². The van der Waals surface area contributed by atoms with E-state index < -0.39 is 0 Å². The standard InChI is InChI=1S/C8H10N6OS/c9-14-5(15)1-2-16-8-6-7(11-3-10-6)12-4-13-8/h3-4H,1-2,9H2,(H,14,15)(H,10,11,12,13). The molecule has 2 aromatic rings. The van der Waals surface area contributed by atoms with Gasteiger partial charge in [-0.1, -0.05) is 0 Å². The lowest BCUT2D eigenvalue weighted by Gasteiger charge is -2.00. The molecule has 16 heavy (non-hydrogen) atoms. The minimum Gasteiger partial charge on any atom is -0.341 e. The summed E-state index contributed by atoms with van der Waals surface area (Å²) in [5.74, 6) is 5.39. The Morgan fingerprint density at radius 1 is 1.50 bits per heavy atom. The van der Waals surface area contributed by atoms with Crippen molar-refractivity contribution < 1.29 is 4.79 Å². The van der Waals surface area contributed by atoms with Crippen LogP contribution < -0.4 is 11.3 Å². The average molecular weight is 238 g/mol. The number of imidazole rings is 1. The van der Waals surface area contributed by atoms with Crippen LogP contribution in [-0.2, 0) is 4.79 Å². The monoisotopic (exact) mass is 238 g/mol. The zero-order valence-electron chi connectivity index (χ0n) is 8.30. The Kier molecular flexibility index (Phi) is 3.32. The maximum Gasteiger partial charge on any atom is 0.234 e. The van der Waals surface area contributed by atoms with Crippen LogP contribution in [0.5, 0.6) is 0 Å². The molecule has 0 saturated carbocycles. The zero-order chi connectivity index (χ0) is 11.4. The Labute approximate surface area is 95.2 Å². The van der Waals surface area contributed by atoms with E-state index in [1.54, 1.807) is 6.33 Å². The van der Waals surface area contributed by atoms with Gasteiger partial charge < -0.3 is 4.98 Å². The van der Waals surface area contributed by atoms with Gasteiger partial charge in [-0.15, -0.1) is 11.8 Å². The first-order chi connectivity index (χ1) is 7.81. The van der Waals surface area contributed by atoms with Gasteiger partial charge in [-0.2, -0.15) is 0 Å². The van der Waals surface area contributed by atoms with E-state index in [0.29, 0.717) is 17.8 Å². The Bertz CT molecular complexity index is 498. The molecule has 0 fully saturated rings. The molecule has 2 aromatic heterocycles. The van der Waals surface area contributed by atoms with Gasteiger partial charge in [-0.25, -0.2) is 20.8 Å². The second kappa shape index (κ2) is 4.90. The second-order valence-electron chi connectivity index (χ2n) is 2.95. The molecule has 1 amide bonds. The first-order valence-electron chi connectivity index (χ1n) is 4.57. The lowest BCUT2D eigenvalue weighted by molar-refractivity contribution is -0.120. The lowest BCUT2D eigenvalue weighted by Crippen LogP contribution is -2.30. The number of aromatic amines is 1. The number of carbonyl (C=O) groups excluding carboxylic acids is 1. The number of aromatic nitrogens is 4. The van der Waals surface area contributed by atoms with E-state index in [-0.39, 0.29) is 5.91 Å². The van der Waals surface area contributed by atoms with Gasteiger partial charge in [0.05, 0.1) is 6.33 Å². The van der Waals surface area contributed by atoms with E-state index in [1.165, 1.54) is 18.1 Å². The van der Waals surface area contributed by atoms with Crippen LogP contribution >= 0.6 is 11.8 Å². The van der Waals surface area contributed by atoms with Crippen LogP contribution in [-0.4, -0.2) is 31.6 Å². The van der Waals surface area contributed by atoms with Crippen molar-refractivity contribution in [3.63, 3.8) is 0 Å². The van der Waals surface area contributed by atoms with Crippen LogP contribution in [0, 0.1) is 0 Å². The molecule has 0 spiro atoms. The van der Waals surface area contributed by atoms with Crippen LogP contribution in [0.2, 0.25) is 0 Å². The van der Waals surface area contributed by atoms with Gasteiger partial charge in [0.25, 0.3) is 0 Å². The van der Waals surface area contributed by atoms with E-state index in [9.17, 15) is 4.79 Å².